The minimum atomic E-state index is 0.426. The lowest BCUT2D eigenvalue weighted by Gasteiger charge is -2.34. The Morgan fingerprint density at radius 3 is 2.79 bits per heavy atom. The quantitative estimate of drug-likeness (QED) is 0.537. The van der Waals surface area contributed by atoms with Gasteiger partial charge >= 0.3 is 0 Å². The van der Waals surface area contributed by atoms with Crippen LogP contribution in [0, 0.1) is 5.92 Å². The van der Waals surface area contributed by atoms with Crippen molar-refractivity contribution in [1.82, 2.24) is 18.8 Å². The van der Waals surface area contributed by atoms with Crippen molar-refractivity contribution >= 4 is 22.4 Å². The molecule has 3 heterocycles. The molecule has 0 spiro atoms. The third kappa shape index (κ3) is 3.46. The molecule has 0 radical (unpaired) electrons. The van der Waals surface area contributed by atoms with Crippen LogP contribution in [0.25, 0.3) is 22.3 Å². The van der Waals surface area contributed by atoms with Crippen LogP contribution in [0.2, 0.25) is 0 Å². The number of benzene rings is 1. The first kappa shape index (κ1) is 19.1. The van der Waals surface area contributed by atoms with Crippen molar-refractivity contribution in [3.8, 4) is 17.1 Å². The van der Waals surface area contributed by atoms with Crippen LogP contribution in [0.3, 0.4) is 0 Å². The minimum Gasteiger partial charge on any atom is -0.489 e. The smallest absolute Gasteiger partial charge is 0.175 e. The Morgan fingerprint density at radius 2 is 2.00 bits per heavy atom. The number of hydrogen-bond acceptors (Lipinski definition) is 5. The number of rotatable bonds is 6. The highest BCUT2D eigenvalue weighted by molar-refractivity contribution is 7.05. The third-order valence-corrected chi connectivity index (χ3v) is 7.43. The Hall–Kier alpha value is -1.92. The molecule has 1 atom stereocenters. The van der Waals surface area contributed by atoms with Crippen LogP contribution in [0.5, 0.6) is 5.75 Å². The van der Waals surface area contributed by atoms with E-state index >= 15 is 0 Å². The lowest BCUT2D eigenvalue weighted by molar-refractivity contribution is 0.158. The highest BCUT2D eigenvalue weighted by atomic mass is 32.1. The summed E-state index contributed by atoms with van der Waals surface area (Å²) in [6, 6.07) is 6.81. The predicted molar refractivity (Wildman–Crippen MR) is 119 cm³/mol. The van der Waals surface area contributed by atoms with Gasteiger partial charge in [-0.15, -0.1) is 0 Å². The zero-order valence-corrected chi connectivity index (χ0v) is 18.2. The van der Waals surface area contributed by atoms with Gasteiger partial charge in [0.25, 0.3) is 0 Å². The fourth-order valence-corrected chi connectivity index (χ4v) is 5.74. The number of hydrogen-bond donors (Lipinski definition) is 0. The maximum Gasteiger partial charge on any atom is 0.175 e. The Balaban J connectivity index is 1.53. The Kier molecular flexibility index (Phi) is 5.31. The van der Waals surface area contributed by atoms with Gasteiger partial charge in [-0.05, 0) is 49.4 Å². The molecule has 5 rings (SSSR count). The highest BCUT2D eigenvalue weighted by Gasteiger charge is 2.32. The van der Waals surface area contributed by atoms with Gasteiger partial charge in [0.05, 0.1) is 18.1 Å². The van der Waals surface area contributed by atoms with Gasteiger partial charge in [-0.25, -0.2) is 4.98 Å². The first-order valence-electron chi connectivity index (χ1n) is 11.1. The first-order chi connectivity index (χ1) is 14.3. The molecule has 5 nitrogen and oxygen atoms in total. The van der Waals surface area contributed by atoms with Crippen LogP contribution in [-0.4, -0.2) is 38.5 Å². The molecule has 0 saturated heterocycles. The molecular weight excluding hydrogens is 380 g/mol. The average molecular weight is 411 g/mol. The van der Waals surface area contributed by atoms with Crippen LogP contribution in [0.15, 0.2) is 24.4 Å². The van der Waals surface area contributed by atoms with E-state index in [0.717, 1.165) is 48.4 Å². The molecule has 1 fully saturated rings. The van der Waals surface area contributed by atoms with Crippen molar-refractivity contribution in [3.05, 3.63) is 29.4 Å². The summed E-state index contributed by atoms with van der Waals surface area (Å²) in [7, 11) is 0. The van der Waals surface area contributed by atoms with Crippen molar-refractivity contribution in [2.24, 2.45) is 5.92 Å². The van der Waals surface area contributed by atoms with Gasteiger partial charge < -0.3 is 9.30 Å². The second-order valence-electron chi connectivity index (χ2n) is 8.35. The molecule has 6 heteroatoms. The fourth-order valence-electron chi connectivity index (χ4n) is 5.04. The zero-order chi connectivity index (χ0) is 19.8. The van der Waals surface area contributed by atoms with E-state index in [2.05, 4.69) is 47.7 Å². The van der Waals surface area contributed by atoms with E-state index in [1.54, 1.807) is 0 Å². The van der Waals surface area contributed by atoms with Gasteiger partial charge in [-0.2, -0.15) is 4.37 Å². The fraction of sp³-hybridized carbons (Fsp3) is 0.565. The Morgan fingerprint density at radius 1 is 1.17 bits per heavy atom. The van der Waals surface area contributed by atoms with Crippen molar-refractivity contribution < 1.29 is 4.74 Å². The lowest BCUT2D eigenvalue weighted by atomic mass is 9.83. The topological polar surface area (TPSA) is 43.2 Å². The molecule has 154 valence electrons. The second-order valence-corrected chi connectivity index (χ2v) is 9.19. The summed E-state index contributed by atoms with van der Waals surface area (Å²) in [6.45, 7) is 8.12. The normalized spacial score (nSPS) is 19.8. The van der Waals surface area contributed by atoms with Crippen LogP contribution < -0.4 is 4.74 Å². The Labute approximate surface area is 176 Å². The summed E-state index contributed by atoms with van der Waals surface area (Å²) in [6.07, 6.45) is 9.01. The van der Waals surface area contributed by atoms with E-state index in [4.69, 9.17) is 14.1 Å². The highest BCUT2D eigenvalue weighted by Crippen LogP contribution is 2.43. The molecule has 0 unspecified atom stereocenters. The van der Waals surface area contributed by atoms with E-state index < -0.39 is 0 Å². The predicted octanol–water partition coefficient (Wildman–Crippen LogP) is 5.52. The number of aromatic nitrogens is 3. The van der Waals surface area contributed by atoms with E-state index in [9.17, 15) is 0 Å². The standard InChI is InChI=1S/C23H30N4OS/c1-3-26(4-2)14-21-24-23(25-29-21)18-13-27-19(16-9-6-5-7-10-16)15-28-20-12-8-11-17(18)22(20)27/h8,11-13,16,19H,3-7,9-10,14-15H2,1-2H3/t19-/m0/s1. The SMILES string of the molecule is CCN(CC)Cc1nc(-c2cn3c4c(cccc24)OC[C@H]3C2CCCCC2)ns1. The van der Waals surface area contributed by atoms with Gasteiger partial charge in [0.1, 0.15) is 17.4 Å². The van der Waals surface area contributed by atoms with Crippen LogP contribution >= 0.6 is 11.5 Å². The summed E-state index contributed by atoms with van der Waals surface area (Å²) in [4.78, 5) is 7.29. The minimum absolute atomic E-state index is 0.426. The molecule has 2 aromatic heterocycles. The van der Waals surface area contributed by atoms with Crippen molar-refractivity contribution in [1.29, 1.82) is 0 Å². The second kappa shape index (κ2) is 8.07. The summed E-state index contributed by atoms with van der Waals surface area (Å²) in [5, 5.41) is 2.31. The van der Waals surface area contributed by atoms with Crippen LogP contribution in [0.1, 0.15) is 57.0 Å². The summed E-state index contributed by atoms with van der Waals surface area (Å²) < 4.78 is 13.5. The van der Waals surface area contributed by atoms with E-state index in [1.165, 1.54) is 54.5 Å². The van der Waals surface area contributed by atoms with Crippen molar-refractivity contribution in [3.63, 3.8) is 0 Å². The molecule has 0 bridgehead atoms. The molecule has 1 saturated carbocycles. The molecule has 0 amide bonds. The Bertz CT molecular complexity index is 984. The number of ether oxygens (including phenoxy) is 1. The third-order valence-electron chi connectivity index (χ3n) is 6.74. The molecule has 1 aromatic carbocycles. The summed E-state index contributed by atoms with van der Waals surface area (Å²) in [5.74, 6) is 2.57. The maximum absolute atomic E-state index is 6.23. The molecule has 1 aliphatic heterocycles. The molecule has 0 N–H and O–H groups in total. The van der Waals surface area contributed by atoms with Gasteiger partial charge in [0, 0.05) is 17.1 Å². The molecule has 3 aromatic rings. The van der Waals surface area contributed by atoms with Crippen LogP contribution in [-0.2, 0) is 6.54 Å². The summed E-state index contributed by atoms with van der Waals surface area (Å²) in [5.41, 5.74) is 2.37. The largest absolute Gasteiger partial charge is 0.489 e. The molecule has 2 aliphatic rings. The molecular formula is C23H30N4OS. The molecule has 1 aliphatic carbocycles. The van der Waals surface area contributed by atoms with Crippen molar-refractivity contribution in [2.45, 2.75) is 58.5 Å². The number of nitrogens with zero attached hydrogens (tertiary/aromatic N) is 4. The molecule has 29 heavy (non-hydrogen) atoms. The average Bonchev–Trinajstić information content (AvgIpc) is 3.39. The van der Waals surface area contributed by atoms with Crippen LogP contribution in [0.4, 0.5) is 0 Å². The van der Waals surface area contributed by atoms with Gasteiger partial charge in [0.2, 0.25) is 0 Å². The zero-order valence-electron chi connectivity index (χ0n) is 17.4. The number of para-hydroxylation sites is 1. The van der Waals surface area contributed by atoms with E-state index in [1.807, 2.05) is 0 Å². The lowest BCUT2D eigenvalue weighted by Crippen LogP contribution is -2.29. The monoisotopic (exact) mass is 410 g/mol. The maximum atomic E-state index is 6.23. The first-order valence-corrected chi connectivity index (χ1v) is 11.9. The van der Waals surface area contributed by atoms with Gasteiger partial charge in [-0.1, -0.05) is 45.2 Å². The van der Waals surface area contributed by atoms with Crippen molar-refractivity contribution in [2.75, 3.05) is 19.7 Å². The summed E-state index contributed by atoms with van der Waals surface area (Å²) >= 11 is 1.53. The van der Waals surface area contributed by atoms with Gasteiger partial charge in [-0.3, -0.25) is 4.90 Å². The van der Waals surface area contributed by atoms with E-state index in [-0.39, 0.29) is 0 Å². The van der Waals surface area contributed by atoms with E-state index in [0.29, 0.717) is 12.0 Å². The van der Waals surface area contributed by atoms with Gasteiger partial charge in [0.15, 0.2) is 5.82 Å².